The fraction of sp³-hybridized carbons (Fsp3) is 0.417. The quantitative estimate of drug-likeness (QED) is 0.795. The van der Waals surface area contributed by atoms with Crippen molar-refractivity contribution in [3.05, 3.63) is 35.9 Å². The standard InChI is InChI=1S/C12H16N2O2/c1-3-9(2)13-12(15)14-11(16-14)10-7-5-4-6-8-10/h4-9,11H,3H2,1-2H3,(H,13,15). The highest BCUT2D eigenvalue weighted by molar-refractivity contribution is 5.75. The molecular formula is C12H16N2O2. The summed E-state index contributed by atoms with van der Waals surface area (Å²) >= 11 is 0. The van der Waals surface area contributed by atoms with Crippen LogP contribution >= 0.6 is 0 Å². The van der Waals surface area contributed by atoms with Crippen molar-refractivity contribution < 1.29 is 9.63 Å². The van der Waals surface area contributed by atoms with Gasteiger partial charge in [-0.15, -0.1) is 0 Å². The second-order valence-corrected chi connectivity index (χ2v) is 3.95. The zero-order valence-corrected chi connectivity index (χ0v) is 9.51. The Morgan fingerprint density at radius 1 is 1.50 bits per heavy atom. The maximum absolute atomic E-state index is 11.6. The van der Waals surface area contributed by atoms with Gasteiger partial charge in [0.25, 0.3) is 0 Å². The summed E-state index contributed by atoms with van der Waals surface area (Å²) in [7, 11) is 0. The van der Waals surface area contributed by atoms with E-state index in [1.165, 1.54) is 5.06 Å². The number of carbonyl (C=O) groups excluding carboxylic acids is 1. The summed E-state index contributed by atoms with van der Waals surface area (Å²) in [6.45, 7) is 4.00. The van der Waals surface area contributed by atoms with E-state index in [1.54, 1.807) is 0 Å². The lowest BCUT2D eigenvalue weighted by Crippen LogP contribution is -2.35. The maximum Gasteiger partial charge on any atom is 0.344 e. The summed E-state index contributed by atoms with van der Waals surface area (Å²) in [6, 6.07) is 9.71. The topological polar surface area (TPSA) is 44.6 Å². The van der Waals surface area contributed by atoms with E-state index in [4.69, 9.17) is 4.84 Å². The van der Waals surface area contributed by atoms with Gasteiger partial charge in [-0.3, -0.25) is 0 Å². The van der Waals surface area contributed by atoms with Crippen molar-refractivity contribution in [3.8, 4) is 0 Å². The van der Waals surface area contributed by atoms with Gasteiger partial charge in [-0.25, -0.2) is 9.63 Å². The molecule has 1 aromatic rings. The molecule has 16 heavy (non-hydrogen) atoms. The van der Waals surface area contributed by atoms with Crippen molar-refractivity contribution in [2.24, 2.45) is 0 Å². The number of hydrogen-bond acceptors (Lipinski definition) is 2. The third-order valence-corrected chi connectivity index (χ3v) is 2.65. The Hall–Kier alpha value is -1.55. The molecule has 0 aliphatic carbocycles. The molecule has 1 aromatic carbocycles. The molecule has 2 atom stereocenters. The van der Waals surface area contributed by atoms with Gasteiger partial charge < -0.3 is 5.32 Å². The predicted molar refractivity (Wildman–Crippen MR) is 60.4 cm³/mol. The van der Waals surface area contributed by atoms with Crippen LogP contribution in [0.15, 0.2) is 30.3 Å². The van der Waals surface area contributed by atoms with Crippen molar-refractivity contribution in [1.82, 2.24) is 10.4 Å². The van der Waals surface area contributed by atoms with Crippen LogP contribution in [-0.2, 0) is 4.84 Å². The Morgan fingerprint density at radius 2 is 2.19 bits per heavy atom. The Balaban J connectivity index is 1.89. The SMILES string of the molecule is CCC(C)NC(=O)N1OC1c1ccccc1. The van der Waals surface area contributed by atoms with Crippen molar-refractivity contribution in [2.75, 3.05) is 0 Å². The number of amides is 2. The first-order chi connectivity index (χ1) is 7.72. The molecular weight excluding hydrogens is 204 g/mol. The summed E-state index contributed by atoms with van der Waals surface area (Å²) in [5.74, 6) is 0. The van der Waals surface area contributed by atoms with E-state index in [-0.39, 0.29) is 18.3 Å². The van der Waals surface area contributed by atoms with Crippen LogP contribution in [0.4, 0.5) is 4.79 Å². The molecule has 4 heteroatoms. The first-order valence-electron chi connectivity index (χ1n) is 5.53. The average Bonchev–Trinajstić information content (AvgIpc) is 3.10. The molecule has 1 N–H and O–H groups in total. The zero-order chi connectivity index (χ0) is 11.5. The first kappa shape index (κ1) is 11.0. The predicted octanol–water partition coefficient (Wildman–Crippen LogP) is 2.44. The molecule has 1 aliphatic heterocycles. The van der Waals surface area contributed by atoms with Gasteiger partial charge >= 0.3 is 6.03 Å². The molecule has 0 saturated carbocycles. The second kappa shape index (κ2) is 4.53. The Kier molecular flexibility index (Phi) is 3.10. The molecule has 0 aromatic heterocycles. The molecule has 1 aliphatic rings. The molecule has 2 rings (SSSR count). The van der Waals surface area contributed by atoms with Gasteiger partial charge in [0.15, 0.2) is 0 Å². The second-order valence-electron chi connectivity index (χ2n) is 3.95. The molecule has 2 amide bonds. The van der Waals surface area contributed by atoms with Crippen LogP contribution in [0.2, 0.25) is 0 Å². The van der Waals surface area contributed by atoms with Crippen LogP contribution in [-0.4, -0.2) is 17.1 Å². The monoisotopic (exact) mass is 220 g/mol. The molecule has 0 spiro atoms. The van der Waals surface area contributed by atoms with E-state index in [1.807, 2.05) is 44.2 Å². The highest BCUT2D eigenvalue weighted by atomic mass is 16.8. The van der Waals surface area contributed by atoms with Crippen LogP contribution in [0.25, 0.3) is 0 Å². The zero-order valence-electron chi connectivity index (χ0n) is 9.51. The lowest BCUT2D eigenvalue weighted by atomic mass is 10.2. The minimum absolute atomic E-state index is 0.164. The fourth-order valence-corrected chi connectivity index (χ4v) is 1.43. The highest BCUT2D eigenvalue weighted by Crippen LogP contribution is 2.36. The molecule has 1 saturated heterocycles. The van der Waals surface area contributed by atoms with Crippen LogP contribution in [0.1, 0.15) is 32.1 Å². The normalized spacial score (nSPS) is 20.4. The van der Waals surface area contributed by atoms with E-state index >= 15 is 0 Å². The number of nitrogens with one attached hydrogen (secondary N) is 1. The van der Waals surface area contributed by atoms with Crippen molar-refractivity contribution in [1.29, 1.82) is 0 Å². The molecule has 4 nitrogen and oxygen atoms in total. The van der Waals surface area contributed by atoms with E-state index in [0.717, 1.165) is 12.0 Å². The molecule has 2 unspecified atom stereocenters. The number of hydroxylamine groups is 2. The summed E-state index contributed by atoms with van der Waals surface area (Å²) in [5.41, 5.74) is 1.00. The summed E-state index contributed by atoms with van der Waals surface area (Å²) in [5, 5.41) is 4.22. The molecule has 86 valence electrons. The largest absolute Gasteiger partial charge is 0.344 e. The van der Waals surface area contributed by atoms with Gasteiger partial charge in [0.05, 0.1) is 0 Å². The number of carbonyl (C=O) groups is 1. The highest BCUT2D eigenvalue weighted by Gasteiger charge is 2.42. The van der Waals surface area contributed by atoms with Gasteiger partial charge in [0, 0.05) is 11.6 Å². The van der Waals surface area contributed by atoms with E-state index < -0.39 is 0 Å². The van der Waals surface area contributed by atoms with Crippen LogP contribution in [0.5, 0.6) is 0 Å². The van der Waals surface area contributed by atoms with E-state index in [0.29, 0.717) is 0 Å². The van der Waals surface area contributed by atoms with Crippen LogP contribution in [0.3, 0.4) is 0 Å². The smallest absolute Gasteiger partial charge is 0.334 e. The average molecular weight is 220 g/mol. The maximum atomic E-state index is 11.6. The number of rotatable bonds is 3. The van der Waals surface area contributed by atoms with Crippen LogP contribution in [0, 0.1) is 0 Å². The minimum atomic E-state index is -0.217. The summed E-state index contributed by atoms with van der Waals surface area (Å²) in [6.07, 6.45) is 0.695. The van der Waals surface area contributed by atoms with Gasteiger partial charge in [-0.1, -0.05) is 37.3 Å². The Bertz CT molecular complexity index is 367. The molecule has 1 fully saturated rings. The molecule has 0 bridgehead atoms. The number of nitrogens with zero attached hydrogens (tertiary/aromatic N) is 1. The van der Waals surface area contributed by atoms with E-state index in [9.17, 15) is 4.79 Å². The summed E-state index contributed by atoms with van der Waals surface area (Å²) in [4.78, 5) is 16.9. The third kappa shape index (κ3) is 2.33. The molecule has 0 radical (unpaired) electrons. The number of hydrogen-bond donors (Lipinski definition) is 1. The van der Waals surface area contributed by atoms with Crippen LogP contribution < -0.4 is 5.32 Å². The van der Waals surface area contributed by atoms with Gasteiger partial charge in [-0.2, -0.15) is 5.06 Å². The van der Waals surface area contributed by atoms with Crippen molar-refractivity contribution >= 4 is 6.03 Å². The fourth-order valence-electron chi connectivity index (χ4n) is 1.43. The summed E-state index contributed by atoms with van der Waals surface area (Å²) < 4.78 is 0. The number of urea groups is 1. The van der Waals surface area contributed by atoms with Crippen molar-refractivity contribution in [2.45, 2.75) is 32.5 Å². The van der Waals surface area contributed by atoms with Gasteiger partial charge in [-0.05, 0) is 13.3 Å². The molecule has 1 heterocycles. The van der Waals surface area contributed by atoms with Gasteiger partial charge in [0.1, 0.15) is 0 Å². The Labute approximate surface area is 95.2 Å². The van der Waals surface area contributed by atoms with E-state index in [2.05, 4.69) is 5.32 Å². The number of benzene rings is 1. The first-order valence-corrected chi connectivity index (χ1v) is 5.53. The Morgan fingerprint density at radius 3 is 2.81 bits per heavy atom. The minimum Gasteiger partial charge on any atom is -0.334 e. The lowest BCUT2D eigenvalue weighted by Gasteiger charge is -2.09. The third-order valence-electron chi connectivity index (χ3n) is 2.65. The lowest BCUT2D eigenvalue weighted by molar-refractivity contribution is 0.174. The van der Waals surface area contributed by atoms with Gasteiger partial charge in [0.2, 0.25) is 6.23 Å². The van der Waals surface area contributed by atoms with Crippen molar-refractivity contribution in [3.63, 3.8) is 0 Å².